The Hall–Kier alpha value is 0.350. The minimum absolute atomic E-state index is 1.24. The van der Waals surface area contributed by atoms with Crippen molar-refractivity contribution in [3.8, 4) is 0 Å². The third-order valence-electron chi connectivity index (χ3n) is 0.739. The molecule has 0 aromatic heterocycles. The SMILES string of the molecule is CCCSC[C](C)C. The fourth-order valence-electron chi connectivity index (χ4n) is 0.421. The molecule has 8 heavy (non-hydrogen) atoms. The molecular formula is C7H15S. The van der Waals surface area contributed by atoms with E-state index in [0.29, 0.717) is 0 Å². The third kappa shape index (κ3) is 6.35. The Balaban J connectivity index is 2.72. The highest BCUT2D eigenvalue weighted by Crippen LogP contribution is 2.08. The van der Waals surface area contributed by atoms with E-state index in [-0.39, 0.29) is 0 Å². The number of hydrogen-bond acceptors (Lipinski definition) is 1. The van der Waals surface area contributed by atoms with Crippen LogP contribution in [0.5, 0.6) is 0 Å². The van der Waals surface area contributed by atoms with Gasteiger partial charge in [0.1, 0.15) is 0 Å². The van der Waals surface area contributed by atoms with Crippen molar-refractivity contribution in [2.24, 2.45) is 0 Å². The van der Waals surface area contributed by atoms with Gasteiger partial charge in [0.2, 0.25) is 0 Å². The molecule has 0 saturated carbocycles. The molecule has 0 saturated heterocycles. The van der Waals surface area contributed by atoms with Crippen LogP contribution in [0.15, 0.2) is 0 Å². The van der Waals surface area contributed by atoms with Crippen LogP contribution in [-0.2, 0) is 0 Å². The van der Waals surface area contributed by atoms with E-state index in [1.54, 1.807) is 0 Å². The topological polar surface area (TPSA) is 0 Å². The quantitative estimate of drug-likeness (QED) is 0.529. The Labute approximate surface area is 57.1 Å². The normalized spacial score (nSPS) is 10.5. The average molecular weight is 131 g/mol. The Morgan fingerprint density at radius 3 is 2.38 bits per heavy atom. The molecule has 0 aromatic rings. The summed E-state index contributed by atoms with van der Waals surface area (Å²) in [7, 11) is 0. The minimum atomic E-state index is 1.24. The molecule has 49 valence electrons. The lowest BCUT2D eigenvalue weighted by molar-refractivity contribution is 1.08. The fraction of sp³-hybridized carbons (Fsp3) is 0.857. The van der Waals surface area contributed by atoms with Gasteiger partial charge in [-0.2, -0.15) is 11.8 Å². The first-order valence-corrected chi connectivity index (χ1v) is 4.29. The van der Waals surface area contributed by atoms with E-state index in [1.807, 2.05) is 11.8 Å². The van der Waals surface area contributed by atoms with Gasteiger partial charge in [-0.3, -0.25) is 0 Å². The van der Waals surface area contributed by atoms with Gasteiger partial charge in [0.05, 0.1) is 0 Å². The van der Waals surface area contributed by atoms with Crippen LogP contribution in [-0.4, -0.2) is 11.5 Å². The monoisotopic (exact) mass is 131 g/mol. The molecule has 0 spiro atoms. The predicted molar refractivity (Wildman–Crippen MR) is 42.2 cm³/mol. The largest absolute Gasteiger partial charge is 0.161 e. The highest BCUT2D eigenvalue weighted by atomic mass is 32.2. The molecule has 0 aliphatic heterocycles. The summed E-state index contributed by atoms with van der Waals surface area (Å²) < 4.78 is 0. The van der Waals surface area contributed by atoms with Gasteiger partial charge in [0.25, 0.3) is 0 Å². The van der Waals surface area contributed by atoms with E-state index in [0.717, 1.165) is 0 Å². The maximum atomic E-state index is 2.22. The van der Waals surface area contributed by atoms with Gasteiger partial charge < -0.3 is 0 Å². The molecule has 1 radical (unpaired) electrons. The third-order valence-corrected chi connectivity index (χ3v) is 2.22. The summed E-state index contributed by atoms with van der Waals surface area (Å²) in [5.74, 6) is 4.09. The second kappa shape index (κ2) is 5.49. The van der Waals surface area contributed by atoms with Crippen LogP contribution >= 0.6 is 11.8 Å². The molecule has 0 aliphatic carbocycles. The van der Waals surface area contributed by atoms with Crippen molar-refractivity contribution in [2.45, 2.75) is 27.2 Å². The van der Waals surface area contributed by atoms with Crippen LogP contribution in [0.2, 0.25) is 0 Å². The summed E-state index contributed by atoms with van der Waals surface area (Å²) >= 11 is 2.02. The van der Waals surface area contributed by atoms with Crippen molar-refractivity contribution in [2.75, 3.05) is 11.5 Å². The van der Waals surface area contributed by atoms with Gasteiger partial charge in [-0.15, -0.1) is 0 Å². The second-order valence-electron chi connectivity index (χ2n) is 2.26. The second-order valence-corrected chi connectivity index (χ2v) is 3.36. The molecule has 0 aliphatic rings. The van der Waals surface area contributed by atoms with E-state index in [4.69, 9.17) is 0 Å². The first kappa shape index (κ1) is 8.35. The van der Waals surface area contributed by atoms with Crippen LogP contribution < -0.4 is 0 Å². The summed E-state index contributed by atoms with van der Waals surface area (Å²) in [5, 5.41) is 0. The lowest BCUT2D eigenvalue weighted by atomic mass is 10.3. The highest BCUT2D eigenvalue weighted by molar-refractivity contribution is 7.99. The number of thioether (sulfide) groups is 1. The number of hydrogen-bond donors (Lipinski definition) is 0. The van der Waals surface area contributed by atoms with Crippen LogP contribution in [0, 0.1) is 5.92 Å². The summed E-state index contributed by atoms with van der Waals surface area (Å²) in [4.78, 5) is 0. The molecule has 0 N–H and O–H groups in total. The molecule has 0 unspecified atom stereocenters. The van der Waals surface area contributed by atoms with E-state index in [9.17, 15) is 0 Å². The Morgan fingerprint density at radius 1 is 1.38 bits per heavy atom. The maximum Gasteiger partial charge on any atom is -0.00107 e. The van der Waals surface area contributed by atoms with E-state index in [1.165, 1.54) is 23.8 Å². The molecule has 0 fully saturated rings. The highest BCUT2D eigenvalue weighted by Gasteiger charge is 1.91. The molecular weight excluding hydrogens is 116 g/mol. The zero-order valence-electron chi connectivity index (χ0n) is 6.03. The van der Waals surface area contributed by atoms with Gasteiger partial charge in [0.15, 0.2) is 0 Å². The van der Waals surface area contributed by atoms with E-state index >= 15 is 0 Å². The van der Waals surface area contributed by atoms with Crippen molar-refractivity contribution < 1.29 is 0 Å². The van der Waals surface area contributed by atoms with Gasteiger partial charge in [-0.1, -0.05) is 20.8 Å². The summed E-state index contributed by atoms with van der Waals surface area (Å²) in [6.45, 7) is 6.59. The molecule has 0 bridgehead atoms. The summed E-state index contributed by atoms with van der Waals surface area (Å²) in [6, 6.07) is 0. The maximum absolute atomic E-state index is 2.22. The van der Waals surface area contributed by atoms with Crippen LogP contribution in [0.3, 0.4) is 0 Å². The van der Waals surface area contributed by atoms with Gasteiger partial charge in [-0.25, -0.2) is 0 Å². The molecule has 1 heteroatoms. The van der Waals surface area contributed by atoms with Crippen molar-refractivity contribution in [1.29, 1.82) is 0 Å². The molecule has 0 nitrogen and oxygen atoms in total. The Bertz CT molecular complexity index is 41.7. The van der Waals surface area contributed by atoms with Crippen molar-refractivity contribution >= 4 is 11.8 Å². The first-order valence-electron chi connectivity index (χ1n) is 3.14. The lowest BCUT2D eigenvalue weighted by Gasteiger charge is -2.00. The summed E-state index contributed by atoms with van der Waals surface area (Å²) in [6.07, 6.45) is 1.30. The van der Waals surface area contributed by atoms with Crippen LogP contribution in [0.25, 0.3) is 0 Å². The first-order chi connectivity index (χ1) is 3.77. The fourth-order valence-corrected chi connectivity index (χ4v) is 1.26. The Kier molecular flexibility index (Phi) is 5.73. The van der Waals surface area contributed by atoms with Gasteiger partial charge in [-0.05, 0) is 23.8 Å². The van der Waals surface area contributed by atoms with Gasteiger partial charge >= 0.3 is 0 Å². The van der Waals surface area contributed by atoms with Crippen molar-refractivity contribution in [3.63, 3.8) is 0 Å². The molecule has 0 atom stereocenters. The summed E-state index contributed by atoms with van der Waals surface area (Å²) in [5.41, 5.74) is 0. The van der Waals surface area contributed by atoms with Gasteiger partial charge in [0, 0.05) is 0 Å². The lowest BCUT2D eigenvalue weighted by Crippen LogP contribution is -1.88. The number of rotatable bonds is 4. The molecule has 0 heterocycles. The predicted octanol–water partition coefficient (Wildman–Crippen LogP) is 2.74. The zero-order chi connectivity index (χ0) is 6.41. The van der Waals surface area contributed by atoms with Crippen molar-refractivity contribution in [1.82, 2.24) is 0 Å². The molecule has 0 amide bonds. The van der Waals surface area contributed by atoms with Crippen LogP contribution in [0.1, 0.15) is 27.2 Å². The van der Waals surface area contributed by atoms with Crippen LogP contribution in [0.4, 0.5) is 0 Å². The average Bonchev–Trinajstić information content (AvgIpc) is 1.66. The standard InChI is InChI=1S/C7H15S/c1-4-5-8-6-7(2)3/h4-6H2,1-3H3. The van der Waals surface area contributed by atoms with E-state index in [2.05, 4.69) is 20.8 Å². The molecule has 0 rings (SSSR count). The minimum Gasteiger partial charge on any atom is -0.161 e. The zero-order valence-corrected chi connectivity index (χ0v) is 6.85. The van der Waals surface area contributed by atoms with Crippen molar-refractivity contribution in [3.05, 3.63) is 5.92 Å². The molecule has 0 aromatic carbocycles. The smallest absolute Gasteiger partial charge is 0.00107 e. The van der Waals surface area contributed by atoms with E-state index < -0.39 is 0 Å². The Morgan fingerprint density at radius 2 is 2.00 bits per heavy atom.